The fourth-order valence-corrected chi connectivity index (χ4v) is 2.83. The van der Waals surface area contributed by atoms with Gasteiger partial charge in [-0.05, 0) is 43.4 Å². The molecule has 2 unspecified atom stereocenters. The highest BCUT2D eigenvalue weighted by Gasteiger charge is 2.38. The molecule has 3 fully saturated rings. The summed E-state index contributed by atoms with van der Waals surface area (Å²) in [5.41, 5.74) is 0. The third kappa shape index (κ3) is 0.878. The topological polar surface area (TPSA) is 20.2 Å². The van der Waals surface area contributed by atoms with Crippen molar-refractivity contribution in [2.75, 3.05) is 0 Å². The SMILES string of the molecule is C[C@@H]1CC2CCC1[C@@H](O)C2. The zero-order valence-electron chi connectivity index (χ0n) is 6.59. The van der Waals surface area contributed by atoms with Crippen molar-refractivity contribution in [2.45, 2.75) is 38.7 Å². The van der Waals surface area contributed by atoms with Gasteiger partial charge in [-0.15, -0.1) is 0 Å². The highest BCUT2D eigenvalue weighted by Crippen LogP contribution is 2.44. The molecule has 58 valence electrons. The van der Waals surface area contributed by atoms with E-state index >= 15 is 0 Å². The lowest BCUT2D eigenvalue weighted by molar-refractivity contribution is -0.0306. The smallest absolute Gasteiger partial charge is 0.0573 e. The van der Waals surface area contributed by atoms with Gasteiger partial charge in [0.15, 0.2) is 0 Å². The predicted molar refractivity (Wildman–Crippen MR) is 40.6 cm³/mol. The molecule has 0 aromatic heterocycles. The minimum absolute atomic E-state index is 0.0440. The standard InChI is InChI=1S/C9H16O/c1-6-4-7-2-3-8(6)9(10)5-7/h6-10H,2-5H2,1H3/t6-,7?,8?,9+/m1/s1. The average Bonchev–Trinajstić information content (AvgIpc) is 1.86. The first-order valence-electron chi connectivity index (χ1n) is 4.45. The Bertz CT molecular complexity index is 121. The Morgan fingerprint density at radius 1 is 1.20 bits per heavy atom. The lowest BCUT2D eigenvalue weighted by Crippen LogP contribution is -2.40. The molecule has 0 spiro atoms. The third-order valence-corrected chi connectivity index (χ3v) is 3.41. The van der Waals surface area contributed by atoms with Gasteiger partial charge in [-0.1, -0.05) is 6.92 Å². The predicted octanol–water partition coefficient (Wildman–Crippen LogP) is 1.80. The minimum atomic E-state index is 0.0440. The first-order chi connectivity index (χ1) is 4.77. The molecule has 4 atom stereocenters. The summed E-state index contributed by atoms with van der Waals surface area (Å²) in [7, 11) is 0. The van der Waals surface area contributed by atoms with E-state index in [1.165, 1.54) is 19.3 Å². The van der Waals surface area contributed by atoms with Gasteiger partial charge in [-0.3, -0.25) is 0 Å². The van der Waals surface area contributed by atoms with Crippen molar-refractivity contribution in [3.63, 3.8) is 0 Å². The van der Waals surface area contributed by atoms with Crippen LogP contribution in [0.1, 0.15) is 32.6 Å². The van der Waals surface area contributed by atoms with E-state index in [-0.39, 0.29) is 6.10 Å². The van der Waals surface area contributed by atoms with Crippen molar-refractivity contribution in [1.82, 2.24) is 0 Å². The molecule has 3 rings (SSSR count). The molecule has 1 N–H and O–H groups in total. The van der Waals surface area contributed by atoms with Crippen molar-refractivity contribution in [2.24, 2.45) is 17.8 Å². The van der Waals surface area contributed by atoms with Crippen LogP contribution < -0.4 is 0 Å². The molecule has 1 heteroatoms. The molecule has 0 aromatic carbocycles. The fraction of sp³-hybridized carbons (Fsp3) is 1.00. The molecule has 0 radical (unpaired) electrons. The van der Waals surface area contributed by atoms with Crippen LogP contribution >= 0.6 is 0 Å². The molecule has 0 aliphatic heterocycles. The van der Waals surface area contributed by atoms with E-state index in [2.05, 4.69) is 6.92 Å². The van der Waals surface area contributed by atoms with Crippen LogP contribution in [-0.2, 0) is 0 Å². The number of fused-ring (bicyclic) bond motifs is 3. The number of rotatable bonds is 0. The van der Waals surface area contributed by atoms with Crippen LogP contribution in [0.5, 0.6) is 0 Å². The first kappa shape index (κ1) is 6.66. The molecule has 2 bridgehead atoms. The van der Waals surface area contributed by atoms with Gasteiger partial charge in [0.05, 0.1) is 6.10 Å². The molecule has 0 aromatic rings. The van der Waals surface area contributed by atoms with Crippen LogP contribution in [0.4, 0.5) is 0 Å². The molecular weight excluding hydrogens is 124 g/mol. The van der Waals surface area contributed by atoms with Gasteiger partial charge in [0.2, 0.25) is 0 Å². The highest BCUT2D eigenvalue weighted by atomic mass is 16.3. The number of hydrogen-bond donors (Lipinski definition) is 1. The van der Waals surface area contributed by atoms with Gasteiger partial charge in [0.1, 0.15) is 0 Å². The molecule has 10 heavy (non-hydrogen) atoms. The van der Waals surface area contributed by atoms with Crippen LogP contribution in [0.25, 0.3) is 0 Å². The van der Waals surface area contributed by atoms with Crippen molar-refractivity contribution in [3.05, 3.63) is 0 Å². The minimum Gasteiger partial charge on any atom is -0.393 e. The Balaban J connectivity index is 2.11. The molecular formula is C9H16O. The first-order valence-corrected chi connectivity index (χ1v) is 4.45. The molecule has 0 heterocycles. The van der Waals surface area contributed by atoms with E-state index in [1.54, 1.807) is 0 Å². The zero-order valence-corrected chi connectivity index (χ0v) is 6.59. The third-order valence-electron chi connectivity index (χ3n) is 3.41. The van der Waals surface area contributed by atoms with Gasteiger partial charge in [-0.25, -0.2) is 0 Å². The van der Waals surface area contributed by atoms with Crippen LogP contribution in [0.2, 0.25) is 0 Å². The van der Waals surface area contributed by atoms with Crippen molar-refractivity contribution >= 4 is 0 Å². The van der Waals surface area contributed by atoms with Gasteiger partial charge in [0, 0.05) is 0 Å². The second-order valence-electron chi connectivity index (χ2n) is 4.12. The van der Waals surface area contributed by atoms with Crippen molar-refractivity contribution < 1.29 is 5.11 Å². The second kappa shape index (κ2) is 2.23. The van der Waals surface area contributed by atoms with E-state index < -0.39 is 0 Å². The molecule has 3 aliphatic rings. The Labute approximate surface area is 62.4 Å². The summed E-state index contributed by atoms with van der Waals surface area (Å²) in [6.45, 7) is 2.29. The van der Waals surface area contributed by atoms with Crippen molar-refractivity contribution in [3.8, 4) is 0 Å². The van der Waals surface area contributed by atoms with Crippen LogP contribution in [0.3, 0.4) is 0 Å². The van der Waals surface area contributed by atoms with Gasteiger partial charge in [-0.2, -0.15) is 0 Å². The van der Waals surface area contributed by atoms with E-state index in [1.807, 2.05) is 0 Å². The maximum atomic E-state index is 9.57. The summed E-state index contributed by atoms with van der Waals surface area (Å²) in [6, 6.07) is 0. The monoisotopic (exact) mass is 140 g/mol. The van der Waals surface area contributed by atoms with Crippen LogP contribution in [0, 0.1) is 17.8 Å². The van der Waals surface area contributed by atoms with Crippen LogP contribution in [0.15, 0.2) is 0 Å². The maximum absolute atomic E-state index is 9.57. The normalized spacial score (nSPS) is 53.4. The summed E-state index contributed by atoms with van der Waals surface area (Å²) in [5.74, 6) is 2.29. The lowest BCUT2D eigenvalue weighted by atomic mass is 9.64. The van der Waals surface area contributed by atoms with Gasteiger partial charge >= 0.3 is 0 Å². The molecule has 1 nitrogen and oxygen atoms in total. The van der Waals surface area contributed by atoms with Crippen molar-refractivity contribution in [1.29, 1.82) is 0 Å². The van der Waals surface area contributed by atoms with Gasteiger partial charge in [0.25, 0.3) is 0 Å². The highest BCUT2D eigenvalue weighted by molar-refractivity contribution is 4.89. The molecule has 0 amide bonds. The van der Waals surface area contributed by atoms with Gasteiger partial charge < -0.3 is 5.11 Å². The Kier molecular flexibility index (Phi) is 1.48. The molecule has 3 aliphatic carbocycles. The van der Waals surface area contributed by atoms with Crippen LogP contribution in [-0.4, -0.2) is 11.2 Å². The summed E-state index contributed by atoms with van der Waals surface area (Å²) >= 11 is 0. The summed E-state index contributed by atoms with van der Waals surface area (Å²) in [5, 5.41) is 9.57. The Hall–Kier alpha value is -0.0400. The average molecular weight is 140 g/mol. The summed E-state index contributed by atoms with van der Waals surface area (Å²) < 4.78 is 0. The summed E-state index contributed by atoms with van der Waals surface area (Å²) in [6.07, 6.45) is 5.18. The number of aliphatic hydroxyl groups excluding tert-OH is 1. The fourth-order valence-electron chi connectivity index (χ4n) is 2.83. The zero-order chi connectivity index (χ0) is 7.14. The second-order valence-corrected chi connectivity index (χ2v) is 4.12. The number of aliphatic hydroxyl groups is 1. The quantitative estimate of drug-likeness (QED) is 0.544. The van der Waals surface area contributed by atoms with E-state index in [0.29, 0.717) is 5.92 Å². The molecule has 3 saturated carbocycles. The largest absolute Gasteiger partial charge is 0.393 e. The van der Waals surface area contributed by atoms with E-state index in [9.17, 15) is 5.11 Å². The molecule has 0 saturated heterocycles. The lowest BCUT2D eigenvalue weighted by Gasteiger charge is -2.44. The number of hydrogen-bond acceptors (Lipinski definition) is 1. The summed E-state index contributed by atoms with van der Waals surface area (Å²) in [4.78, 5) is 0. The Morgan fingerprint density at radius 3 is 2.40 bits per heavy atom. The van der Waals surface area contributed by atoms with E-state index in [4.69, 9.17) is 0 Å². The maximum Gasteiger partial charge on any atom is 0.0573 e. The van der Waals surface area contributed by atoms with E-state index in [0.717, 1.165) is 18.3 Å². The Morgan fingerprint density at radius 2 is 2.00 bits per heavy atom.